The van der Waals surface area contributed by atoms with Crippen LogP contribution in [0.3, 0.4) is 0 Å². The highest BCUT2D eigenvalue weighted by atomic mass is 32.1. The van der Waals surface area contributed by atoms with Gasteiger partial charge in [0.1, 0.15) is 16.6 Å². The first-order valence-corrected chi connectivity index (χ1v) is 11.3. The monoisotopic (exact) mass is 440 g/mol. The molecule has 2 aromatic heterocycles. The summed E-state index contributed by atoms with van der Waals surface area (Å²) in [4.78, 5) is 19.3. The number of benzene rings is 1. The summed E-state index contributed by atoms with van der Waals surface area (Å²) >= 11 is 1.53. The zero-order chi connectivity index (χ0) is 21.6. The van der Waals surface area contributed by atoms with E-state index in [4.69, 9.17) is 4.98 Å². The van der Waals surface area contributed by atoms with Crippen LogP contribution < -0.4 is 10.6 Å². The van der Waals surface area contributed by atoms with Crippen LogP contribution in [0.1, 0.15) is 36.4 Å². The molecule has 0 spiro atoms. The molecule has 1 amide bonds. The second kappa shape index (κ2) is 9.93. The molecule has 7 nitrogen and oxygen atoms in total. The number of para-hydroxylation sites is 1. The normalized spacial score (nSPS) is 16.8. The number of aryl methyl sites for hydroxylation is 1. The minimum Gasteiger partial charge on any atom is -0.322 e. The predicted molar refractivity (Wildman–Crippen MR) is 120 cm³/mol. The number of anilines is 3. The number of likely N-dealkylation sites (tertiary alicyclic amines) is 1. The number of halogens is 1. The van der Waals surface area contributed by atoms with Gasteiger partial charge < -0.3 is 10.6 Å². The molecule has 0 unspecified atom stereocenters. The van der Waals surface area contributed by atoms with E-state index in [2.05, 4.69) is 32.7 Å². The number of hydrogen-bond donors (Lipinski definition) is 2. The highest BCUT2D eigenvalue weighted by Crippen LogP contribution is 2.27. The Kier molecular flexibility index (Phi) is 6.83. The second-order valence-electron chi connectivity index (χ2n) is 7.53. The number of rotatable bonds is 7. The molecule has 0 saturated carbocycles. The Hall–Kier alpha value is -2.91. The number of nitrogens with one attached hydrogen (secondary N) is 2. The van der Waals surface area contributed by atoms with Gasteiger partial charge in [-0.05, 0) is 50.1 Å². The Morgan fingerprint density at radius 1 is 1.23 bits per heavy atom. The first kappa shape index (κ1) is 21.3. The van der Waals surface area contributed by atoms with Crippen molar-refractivity contribution in [3.8, 4) is 0 Å². The van der Waals surface area contributed by atoms with E-state index in [9.17, 15) is 9.18 Å². The van der Waals surface area contributed by atoms with Crippen LogP contribution >= 0.6 is 11.3 Å². The lowest BCUT2D eigenvalue weighted by Gasteiger charge is -2.32. The van der Waals surface area contributed by atoms with Gasteiger partial charge in [0, 0.05) is 18.2 Å². The molecule has 31 heavy (non-hydrogen) atoms. The Labute approximate surface area is 184 Å². The molecular weight excluding hydrogens is 415 g/mol. The molecule has 1 aliphatic heterocycles. The zero-order valence-corrected chi connectivity index (χ0v) is 18.2. The second-order valence-corrected chi connectivity index (χ2v) is 8.59. The van der Waals surface area contributed by atoms with Crippen LogP contribution in [-0.2, 0) is 11.2 Å². The molecule has 1 fully saturated rings. The van der Waals surface area contributed by atoms with Crippen LogP contribution in [0.15, 0.2) is 42.5 Å². The minimum absolute atomic E-state index is 0.211. The molecule has 4 rings (SSSR count). The van der Waals surface area contributed by atoms with Crippen LogP contribution in [0.4, 0.5) is 21.0 Å². The van der Waals surface area contributed by atoms with Gasteiger partial charge in [-0.15, -0.1) is 10.2 Å². The molecule has 1 aliphatic rings. The standard InChI is InChI=1S/C22H25FN6OS/c1-2-21-27-28-22(31-21)26-19-11-5-10-17(24-19)15-7-6-12-29(13-15)14-20(30)25-18-9-4-3-8-16(18)23/h3-5,8-11,15H,2,6-7,12-14H2,1H3,(H,25,30)(H,24,26,28)/t15-/m1/s1. The van der Waals surface area contributed by atoms with Crippen LogP contribution in [0.25, 0.3) is 0 Å². The molecule has 3 heterocycles. The van der Waals surface area contributed by atoms with E-state index < -0.39 is 5.82 Å². The van der Waals surface area contributed by atoms with Crippen LogP contribution in [0.5, 0.6) is 0 Å². The molecule has 1 aromatic carbocycles. The number of amides is 1. The third-order valence-electron chi connectivity index (χ3n) is 5.21. The van der Waals surface area contributed by atoms with E-state index in [0.717, 1.165) is 54.0 Å². The van der Waals surface area contributed by atoms with Crippen molar-refractivity contribution < 1.29 is 9.18 Å². The van der Waals surface area contributed by atoms with Crippen LogP contribution in [0, 0.1) is 5.82 Å². The van der Waals surface area contributed by atoms with Crippen LogP contribution in [-0.4, -0.2) is 45.6 Å². The smallest absolute Gasteiger partial charge is 0.238 e. The van der Waals surface area contributed by atoms with E-state index in [0.29, 0.717) is 0 Å². The number of nitrogens with zero attached hydrogens (tertiary/aromatic N) is 4. The molecule has 0 bridgehead atoms. The lowest BCUT2D eigenvalue weighted by molar-refractivity contribution is -0.117. The summed E-state index contributed by atoms with van der Waals surface area (Å²) in [5, 5.41) is 15.9. The summed E-state index contributed by atoms with van der Waals surface area (Å²) < 4.78 is 13.8. The summed E-state index contributed by atoms with van der Waals surface area (Å²) in [5.41, 5.74) is 1.20. The van der Waals surface area contributed by atoms with Gasteiger partial charge in [-0.2, -0.15) is 0 Å². The molecule has 2 N–H and O–H groups in total. The maximum atomic E-state index is 13.8. The fourth-order valence-electron chi connectivity index (χ4n) is 3.70. The van der Waals surface area contributed by atoms with Crippen molar-refractivity contribution in [2.24, 2.45) is 0 Å². The number of aromatic nitrogens is 3. The number of piperidine rings is 1. The average Bonchev–Trinajstić information content (AvgIpc) is 3.23. The molecule has 3 aromatic rings. The van der Waals surface area contributed by atoms with Crippen molar-refractivity contribution >= 4 is 33.9 Å². The third kappa shape index (κ3) is 5.62. The van der Waals surface area contributed by atoms with Gasteiger partial charge in [0.25, 0.3) is 0 Å². The van der Waals surface area contributed by atoms with E-state index >= 15 is 0 Å². The Bertz CT molecular complexity index is 1040. The maximum absolute atomic E-state index is 13.8. The van der Waals surface area contributed by atoms with Gasteiger partial charge >= 0.3 is 0 Å². The van der Waals surface area contributed by atoms with Crippen LogP contribution in [0.2, 0.25) is 0 Å². The van der Waals surface area contributed by atoms with Crippen molar-refractivity contribution in [1.29, 1.82) is 0 Å². The summed E-state index contributed by atoms with van der Waals surface area (Å²) in [5.74, 6) is 0.336. The quantitative estimate of drug-likeness (QED) is 0.573. The summed E-state index contributed by atoms with van der Waals surface area (Å²) in [6, 6.07) is 12.1. The number of hydrogen-bond acceptors (Lipinski definition) is 7. The van der Waals surface area contributed by atoms with E-state index in [1.54, 1.807) is 18.2 Å². The fourth-order valence-corrected chi connectivity index (χ4v) is 4.39. The summed E-state index contributed by atoms with van der Waals surface area (Å²) in [7, 11) is 0. The Morgan fingerprint density at radius 3 is 2.90 bits per heavy atom. The highest BCUT2D eigenvalue weighted by Gasteiger charge is 2.24. The largest absolute Gasteiger partial charge is 0.322 e. The lowest BCUT2D eigenvalue weighted by Crippen LogP contribution is -2.40. The first-order valence-electron chi connectivity index (χ1n) is 10.4. The van der Waals surface area contributed by atoms with E-state index in [-0.39, 0.29) is 24.1 Å². The molecular formula is C22H25FN6OS. The first-order chi connectivity index (χ1) is 15.1. The maximum Gasteiger partial charge on any atom is 0.238 e. The molecule has 0 radical (unpaired) electrons. The van der Waals surface area contributed by atoms with Gasteiger partial charge in [-0.25, -0.2) is 9.37 Å². The van der Waals surface area contributed by atoms with Gasteiger partial charge in [-0.1, -0.05) is 36.5 Å². The summed E-state index contributed by atoms with van der Waals surface area (Å²) in [6.07, 6.45) is 2.85. The van der Waals surface area contributed by atoms with Crippen molar-refractivity contribution in [3.63, 3.8) is 0 Å². The predicted octanol–water partition coefficient (Wildman–Crippen LogP) is 4.20. The third-order valence-corrected chi connectivity index (χ3v) is 6.20. The van der Waals surface area contributed by atoms with Gasteiger partial charge in [0.15, 0.2) is 0 Å². The Balaban J connectivity index is 1.37. The van der Waals surface area contributed by atoms with Crippen molar-refractivity contribution in [2.75, 3.05) is 30.3 Å². The molecule has 1 saturated heterocycles. The highest BCUT2D eigenvalue weighted by molar-refractivity contribution is 7.15. The van der Waals surface area contributed by atoms with E-state index in [1.165, 1.54) is 17.4 Å². The average molecular weight is 441 g/mol. The van der Waals surface area contributed by atoms with Crippen molar-refractivity contribution in [1.82, 2.24) is 20.1 Å². The molecule has 1 atom stereocenters. The fraction of sp³-hybridized carbons (Fsp3) is 0.364. The summed E-state index contributed by atoms with van der Waals surface area (Å²) in [6.45, 7) is 3.85. The Morgan fingerprint density at radius 2 is 2.10 bits per heavy atom. The van der Waals surface area contributed by atoms with Gasteiger partial charge in [0.2, 0.25) is 11.0 Å². The van der Waals surface area contributed by atoms with Gasteiger partial charge in [0.05, 0.1) is 12.2 Å². The molecule has 9 heteroatoms. The number of pyridine rings is 1. The van der Waals surface area contributed by atoms with Gasteiger partial charge in [-0.3, -0.25) is 9.69 Å². The molecule has 0 aliphatic carbocycles. The molecule has 162 valence electrons. The zero-order valence-electron chi connectivity index (χ0n) is 17.3. The lowest BCUT2D eigenvalue weighted by atomic mass is 9.94. The topological polar surface area (TPSA) is 83.0 Å². The number of carbonyl (C=O) groups excluding carboxylic acids is 1. The number of carbonyl (C=O) groups is 1. The van der Waals surface area contributed by atoms with E-state index in [1.807, 2.05) is 18.2 Å². The van der Waals surface area contributed by atoms with Crippen molar-refractivity contribution in [2.45, 2.75) is 32.1 Å². The van der Waals surface area contributed by atoms with Crippen molar-refractivity contribution in [3.05, 3.63) is 59.0 Å². The minimum atomic E-state index is -0.428. The SMILES string of the molecule is CCc1nnc(Nc2cccc([C@@H]3CCCN(CC(=O)Nc4ccccc4F)C3)n2)s1.